The lowest BCUT2D eigenvalue weighted by molar-refractivity contribution is -0.128. The summed E-state index contributed by atoms with van der Waals surface area (Å²) in [5.41, 5.74) is 0. The topological polar surface area (TPSA) is 67.4 Å². The Labute approximate surface area is 98.8 Å². The number of hydrogen-bond donors (Lipinski definition) is 2. The summed E-state index contributed by atoms with van der Waals surface area (Å²) in [5, 5.41) is 5.92. The summed E-state index contributed by atoms with van der Waals surface area (Å²) in [6.45, 7) is 2.49. The fourth-order valence-electron chi connectivity index (χ4n) is 1.54. The minimum Gasteiger partial charge on any atom is -0.368 e. The van der Waals surface area contributed by atoms with E-state index in [2.05, 4.69) is 10.6 Å². The van der Waals surface area contributed by atoms with Gasteiger partial charge in [0.25, 0.3) is 0 Å². The Morgan fingerprint density at radius 2 is 2.19 bits per heavy atom. The van der Waals surface area contributed by atoms with Crippen LogP contribution in [0.25, 0.3) is 0 Å². The van der Waals surface area contributed by atoms with Crippen LogP contribution in [0.4, 0.5) is 0 Å². The fraction of sp³-hybridized carbons (Fsp3) is 0.900. The number of rotatable bonds is 6. The molecule has 1 amide bonds. The van der Waals surface area contributed by atoms with Crippen molar-refractivity contribution >= 4 is 16.7 Å². The van der Waals surface area contributed by atoms with Gasteiger partial charge >= 0.3 is 0 Å². The average Bonchev–Trinajstić information content (AvgIpc) is 2.27. The third kappa shape index (κ3) is 6.19. The molecule has 0 aromatic rings. The van der Waals surface area contributed by atoms with E-state index in [-0.39, 0.29) is 18.6 Å². The highest BCUT2D eigenvalue weighted by atomic mass is 32.2. The van der Waals surface area contributed by atoms with Gasteiger partial charge in [-0.1, -0.05) is 0 Å². The first-order chi connectivity index (χ1) is 7.68. The molecule has 0 saturated carbocycles. The Hall–Kier alpha value is -0.460. The average molecular weight is 248 g/mol. The molecule has 0 aliphatic carbocycles. The van der Waals surface area contributed by atoms with Crippen molar-refractivity contribution in [1.82, 2.24) is 10.6 Å². The number of amides is 1. The van der Waals surface area contributed by atoms with Gasteiger partial charge in [-0.05, 0) is 25.9 Å². The molecule has 1 unspecified atom stereocenters. The molecule has 1 fully saturated rings. The summed E-state index contributed by atoms with van der Waals surface area (Å²) < 4.78 is 16.2. The van der Waals surface area contributed by atoms with Gasteiger partial charge in [0.05, 0.1) is 6.10 Å². The van der Waals surface area contributed by atoms with Crippen LogP contribution in [0.3, 0.4) is 0 Å². The van der Waals surface area contributed by atoms with Gasteiger partial charge in [-0.25, -0.2) is 0 Å². The lowest BCUT2D eigenvalue weighted by Gasteiger charge is -2.22. The molecule has 1 atom stereocenters. The highest BCUT2D eigenvalue weighted by molar-refractivity contribution is 7.84. The summed E-state index contributed by atoms with van der Waals surface area (Å²) in [6, 6.07) is 0. The number of nitrogens with one attached hydrogen (secondary N) is 2. The van der Waals surface area contributed by atoms with Crippen LogP contribution in [-0.4, -0.2) is 54.5 Å². The van der Waals surface area contributed by atoms with Gasteiger partial charge in [0.1, 0.15) is 6.61 Å². The molecule has 1 heterocycles. The van der Waals surface area contributed by atoms with E-state index in [1.54, 1.807) is 6.26 Å². The molecule has 6 heteroatoms. The monoisotopic (exact) mass is 248 g/mol. The number of ether oxygens (including phenoxy) is 1. The third-order valence-electron chi connectivity index (χ3n) is 2.45. The zero-order valence-corrected chi connectivity index (χ0v) is 10.5. The lowest BCUT2D eigenvalue weighted by atomic mass is 10.1. The van der Waals surface area contributed by atoms with Gasteiger partial charge in [-0.15, -0.1) is 0 Å². The van der Waals surface area contributed by atoms with E-state index in [1.807, 2.05) is 0 Å². The molecule has 1 aliphatic heterocycles. The quantitative estimate of drug-likeness (QED) is 0.649. The minimum atomic E-state index is -0.854. The summed E-state index contributed by atoms with van der Waals surface area (Å²) in [4.78, 5) is 11.3. The summed E-state index contributed by atoms with van der Waals surface area (Å²) >= 11 is 0. The zero-order valence-electron chi connectivity index (χ0n) is 9.66. The molecule has 0 spiro atoms. The van der Waals surface area contributed by atoms with E-state index in [9.17, 15) is 9.00 Å². The fourth-order valence-corrected chi connectivity index (χ4v) is 1.93. The van der Waals surface area contributed by atoms with Crippen molar-refractivity contribution in [3.8, 4) is 0 Å². The number of piperidine rings is 1. The van der Waals surface area contributed by atoms with Gasteiger partial charge in [-0.3, -0.25) is 9.00 Å². The van der Waals surface area contributed by atoms with E-state index in [0.717, 1.165) is 25.9 Å². The zero-order chi connectivity index (χ0) is 11.8. The van der Waals surface area contributed by atoms with Crippen LogP contribution in [0.2, 0.25) is 0 Å². The molecule has 1 saturated heterocycles. The van der Waals surface area contributed by atoms with Crippen molar-refractivity contribution in [2.24, 2.45) is 0 Å². The molecule has 0 bridgehead atoms. The number of carbonyl (C=O) groups is 1. The Balaban J connectivity index is 2.02. The van der Waals surface area contributed by atoms with E-state index >= 15 is 0 Å². The smallest absolute Gasteiger partial charge is 0.246 e. The largest absolute Gasteiger partial charge is 0.368 e. The van der Waals surface area contributed by atoms with Gasteiger partial charge in [0.2, 0.25) is 5.91 Å². The minimum absolute atomic E-state index is 0.112. The summed E-state index contributed by atoms with van der Waals surface area (Å²) in [5.74, 6) is 0.378. The van der Waals surface area contributed by atoms with Crippen LogP contribution < -0.4 is 10.6 Å². The predicted octanol–water partition coefficient (Wildman–Crippen LogP) is -0.750. The SMILES string of the molecule is CS(=O)CCNC(=O)COC1CCNCC1. The maximum Gasteiger partial charge on any atom is 0.246 e. The Morgan fingerprint density at radius 3 is 2.81 bits per heavy atom. The van der Waals surface area contributed by atoms with Crippen LogP contribution in [0.15, 0.2) is 0 Å². The first-order valence-corrected chi connectivity index (χ1v) is 7.30. The van der Waals surface area contributed by atoms with E-state index in [4.69, 9.17) is 4.74 Å². The Bertz CT molecular complexity index is 242. The van der Waals surface area contributed by atoms with Crippen molar-refractivity contribution in [3.63, 3.8) is 0 Å². The number of carbonyl (C=O) groups excluding carboxylic acids is 1. The lowest BCUT2D eigenvalue weighted by Crippen LogP contribution is -2.36. The molecule has 16 heavy (non-hydrogen) atoms. The van der Waals surface area contributed by atoms with Crippen LogP contribution in [0, 0.1) is 0 Å². The maximum absolute atomic E-state index is 11.3. The molecule has 1 aliphatic rings. The second-order valence-electron chi connectivity index (χ2n) is 3.89. The van der Waals surface area contributed by atoms with Gasteiger partial charge in [0, 0.05) is 29.4 Å². The Morgan fingerprint density at radius 1 is 1.50 bits per heavy atom. The molecular weight excluding hydrogens is 228 g/mol. The summed E-state index contributed by atoms with van der Waals surface area (Å²) in [7, 11) is -0.854. The molecule has 0 aromatic heterocycles. The van der Waals surface area contributed by atoms with Crippen molar-refractivity contribution in [2.45, 2.75) is 18.9 Å². The second-order valence-corrected chi connectivity index (χ2v) is 5.44. The van der Waals surface area contributed by atoms with Crippen LogP contribution in [0.5, 0.6) is 0 Å². The van der Waals surface area contributed by atoms with E-state index in [1.165, 1.54) is 0 Å². The molecule has 1 rings (SSSR count). The van der Waals surface area contributed by atoms with Crippen LogP contribution >= 0.6 is 0 Å². The van der Waals surface area contributed by atoms with E-state index < -0.39 is 10.8 Å². The van der Waals surface area contributed by atoms with Crippen LogP contribution in [0.1, 0.15) is 12.8 Å². The first-order valence-electron chi connectivity index (χ1n) is 5.57. The van der Waals surface area contributed by atoms with Crippen molar-refractivity contribution in [2.75, 3.05) is 38.2 Å². The van der Waals surface area contributed by atoms with Gasteiger partial charge < -0.3 is 15.4 Å². The van der Waals surface area contributed by atoms with Crippen molar-refractivity contribution in [3.05, 3.63) is 0 Å². The molecule has 0 aromatic carbocycles. The Kier molecular flexibility index (Phi) is 6.59. The molecular formula is C10H20N2O3S. The van der Waals surface area contributed by atoms with Crippen molar-refractivity contribution < 1.29 is 13.7 Å². The second kappa shape index (κ2) is 7.76. The highest BCUT2D eigenvalue weighted by Crippen LogP contribution is 2.06. The van der Waals surface area contributed by atoms with Crippen LogP contribution in [-0.2, 0) is 20.3 Å². The number of hydrogen-bond acceptors (Lipinski definition) is 4. The molecule has 2 N–H and O–H groups in total. The molecule has 94 valence electrons. The highest BCUT2D eigenvalue weighted by Gasteiger charge is 2.14. The van der Waals surface area contributed by atoms with E-state index in [0.29, 0.717) is 12.3 Å². The molecule has 0 radical (unpaired) electrons. The third-order valence-corrected chi connectivity index (χ3v) is 3.23. The normalized spacial score (nSPS) is 19.3. The first kappa shape index (κ1) is 13.6. The summed E-state index contributed by atoms with van der Waals surface area (Å²) in [6.07, 6.45) is 3.75. The standard InChI is InChI=1S/C10H20N2O3S/c1-16(14)7-6-12-10(13)8-15-9-2-4-11-5-3-9/h9,11H,2-8H2,1H3,(H,12,13). The predicted molar refractivity (Wildman–Crippen MR) is 63.8 cm³/mol. The van der Waals surface area contributed by atoms with Gasteiger partial charge in [-0.2, -0.15) is 0 Å². The van der Waals surface area contributed by atoms with Gasteiger partial charge in [0.15, 0.2) is 0 Å². The maximum atomic E-state index is 11.3. The molecule has 5 nitrogen and oxygen atoms in total. The van der Waals surface area contributed by atoms with Crippen molar-refractivity contribution in [1.29, 1.82) is 0 Å².